The van der Waals surface area contributed by atoms with E-state index in [1.54, 1.807) is 12.5 Å². The highest BCUT2D eigenvalue weighted by Gasteiger charge is 2.11. The van der Waals surface area contributed by atoms with Gasteiger partial charge in [0.25, 0.3) is 0 Å². The molecule has 0 fully saturated rings. The second-order valence-electron chi connectivity index (χ2n) is 4.39. The number of rotatable bonds is 9. The van der Waals surface area contributed by atoms with Crippen LogP contribution < -0.4 is 5.73 Å². The van der Waals surface area contributed by atoms with Crippen LogP contribution in [0.4, 0.5) is 5.95 Å². The Morgan fingerprint density at radius 3 is 2.57 bits per heavy atom. The highest BCUT2D eigenvalue weighted by atomic mass is 16.6. The summed E-state index contributed by atoms with van der Waals surface area (Å²) in [6, 6.07) is 0. The lowest BCUT2D eigenvalue weighted by molar-refractivity contribution is -0.0780. The third kappa shape index (κ3) is 4.35. The molecule has 2 heterocycles. The molecule has 2 rings (SSSR count). The zero-order valence-electron chi connectivity index (χ0n) is 12.4. The van der Waals surface area contributed by atoms with E-state index in [0.29, 0.717) is 38.8 Å². The van der Waals surface area contributed by atoms with Crippen molar-refractivity contribution >= 4 is 17.1 Å². The highest BCUT2D eigenvalue weighted by molar-refractivity contribution is 5.70. The minimum absolute atomic E-state index is 0.128. The average Bonchev–Trinajstić information content (AvgIpc) is 2.88. The smallest absolute Gasteiger partial charge is 0.222 e. The first-order valence-corrected chi connectivity index (χ1v) is 6.95. The molecule has 0 spiro atoms. The van der Waals surface area contributed by atoms with Crippen molar-refractivity contribution in [1.29, 1.82) is 0 Å². The fourth-order valence-corrected chi connectivity index (χ4v) is 1.80. The SMILES string of the molecule is CCOCC(COCC)OCn1cnc2nc(N)ncc21. The number of fused-ring (bicyclic) bond motifs is 1. The van der Waals surface area contributed by atoms with Gasteiger partial charge in [-0.2, -0.15) is 4.98 Å². The van der Waals surface area contributed by atoms with Crippen molar-refractivity contribution in [2.45, 2.75) is 26.7 Å². The van der Waals surface area contributed by atoms with Crippen molar-refractivity contribution in [3.05, 3.63) is 12.5 Å². The minimum Gasteiger partial charge on any atom is -0.379 e. The Balaban J connectivity index is 1.97. The van der Waals surface area contributed by atoms with Crippen molar-refractivity contribution in [1.82, 2.24) is 19.5 Å². The average molecular weight is 295 g/mol. The number of aromatic nitrogens is 4. The van der Waals surface area contributed by atoms with Crippen LogP contribution in [0.25, 0.3) is 11.2 Å². The van der Waals surface area contributed by atoms with Gasteiger partial charge in [-0.1, -0.05) is 0 Å². The van der Waals surface area contributed by atoms with Gasteiger partial charge in [0.15, 0.2) is 5.65 Å². The van der Waals surface area contributed by atoms with Crippen LogP contribution in [0.2, 0.25) is 0 Å². The first-order valence-electron chi connectivity index (χ1n) is 6.95. The normalized spacial score (nSPS) is 11.6. The molecule has 2 aromatic rings. The largest absolute Gasteiger partial charge is 0.379 e. The highest BCUT2D eigenvalue weighted by Crippen LogP contribution is 2.10. The lowest BCUT2D eigenvalue weighted by atomic mass is 10.4. The quantitative estimate of drug-likeness (QED) is 0.731. The van der Waals surface area contributed by atoms with Crippen molar-refractivity contribution in [2.75, 3.05) is 32.2 Å². The molecule has 0 saturated carbocycles. The summed E-state index contributed by atoms with van der Waals surface area (Å²) >= 11 is 0. The summed E-state index contributed by atoms with van der Waals surface area (Å²) in [6.07, 6.45) is 3.16. The van der Waals surface area contributed by atoms with E-state index in [0.717, 1.165) is 5.52 Å². The Hall–Kier alpha value is -1.77. The molecule has 0 radical (unpaired) electrons. The van der Waals surface area contributed by atoms with Gasteiger partial charge in [0, 0.05) is 13.2 Å². The Bertz CT molecular complexity index is 552. The maximum atomic E-state index is 5.82. The number of nitrogens with two attached hydrogens (primary N) is 1. The van der Waals surface area contributed by atoms with Crippen LogP contribution in [0.1, 0.15) is 13.8 Å². The maximum absolute atomic E-state index is 5.82. The van der Waals surface area contributed by atoms with E-state index in [4.69, 9.17) is 19.9 Å². The summed E-state index contributed by atoms with van der Waals surface area (Å²) in [5.41, 5.74) is 6.86. The molecule has 0 amide bonds. The lowest BCUT2D eigenvalue weighted by Gasteiger charge is -2.18. The molecule has 0 aliphatic carbocycles. The van der Waals surface area contributed by atoms with Crippen molar-refractivity contribution in [3.63, 3.8) is 0 Å². The minimum atomic E-state index is -0.128. The number of nitrogens with zero attached hydrogens (tertiary/aromatic N) is 4. The zero-order chi connectivity index (χ0) is 15.1. The van der Waals surface area contributed by atoms with Crippen LogP contribution >= 0.6 is 0 Å². The Kier molecular flexibility index (Phi) is 5.85. The summed E-state index contributed by atoms with van der Waals surface area (Å²) in [6.45, 7) is 6.50. The molecule has 0 aromatic carbocycles. The molecule has 2 N–H and O–H groups in total. The Morgan fingerprint density at radius 1 is 1.19 bits per heavy atom. The van der Waals surface area contributed by atoms with Gasteiger partial charge in [-0.05, 0) is 13.8 Å². The number of imidazole rings is 1. The molecule has 2 aromatic heterocycles. The summed E-state index contributed by atoms with van der Waals surface area (Å²) in [7, 11) is 0. The van der Waals surface area contributed by atoms with Crippen LogP contribution in [0.15, 0.2) is 12.5 Å². The van der Waals surface area contributed by atoms with E-state index in [9.17, 15) is 0 Å². The van der Waals surface area contributed by atoms with Crippen LogP contribution in [0.5, 0.6) is 0 Å². The maximum Gasteiger partial charge on any atom is 0.222 e. The van der Waals surface area contributed by atoms with Gasteiger partial charge in [0.05, 0.1) is 25.7 Å². The third-order valence-electron chi connectivity index (χ3n) is 2.86. The number of anilines is 1. The molecular weight excluding hydrogens is 274 g/mol. The van der Waals surface area contributed by atoms with E-state index in [-0.39, 0.29) is 12.1 Å². The van der Waals surface area contributed by atoms with Crippen LogP contribution in [0.3, 0.4) is 0 Å². The fourth-order valence-electron chi connectivity index (χ4n) is 1.80. The van der Waals surface area contributed by atoms with Crippen molar-refractivity contribution in [2.24, 2.45) is 0 Å². The third-order valence-corrected chi connectivity index (χ3v) is 2.86. The summed E-state index contributed by atoms with van der Waals surface area (Å²) < 4.78 is 18.4. The van der Waals surface area contributed by atoms with E-state index < -0.39 is 0 Å². The molecule has 21 heavy (non-hydrogen) atoms. The van der Waals surface area contributed by atoms with E-state index in [2.05, 4.69) is 15.0 Å². The van der Waals surface area contributed by atoms with Gasteiger partial charge in [-0.25, -0.2) is 9.97 Å². The van der Waals surface area contributed by atoms with Crippen molar-refractivity contribution < 1.29 is 14.2 Å². The first kappa shape index (κ1) is 15.6. The fraction of sp³-hybridized carbons (Fsp3) is 0.615. The predicted octanol–water partition coefficient (Wildman–Crippen LogP) is 0.824. The number of nitrogen functional groups attached to an aromatic ring is 1. The molecule has 0 unspecified atom stereocenters. The first-order chi connectivity index (χ1) is 10.2. The molecule has 0 atom stereocenters. The monoisotopic (exact) mass is 295 g/mol. The summed E-state index contributed by atoms with van der Waals surface area (Å²) in [5.74, 6) is 0.208. The van der Waals surface area contributed by atoms with Crippen molar-refractivity contribution in [3.8, 4) is 0 Å². The predicted molar refractivity (Wildman–Crippen MR) is 77.6 cm³/mol. The second kappa shape index (κ2) is 7.87. The topological polar surface area (TPSA) is 97.3 Å². The van der Waals surface area contributed by atoms with Gasteiger partial charge in [-0.3, -0.25) is 0 Å². The van der Waals surface area contributed by atoms with Crippen LogP contribution in [-0.2, 0) is 20.9 Å². The number of hydrogen-bond acceptors (Lipinski definition) is 7. The standard InChI is InChI=1S/C13H21N5O3/c1-3-19-6-10(7-20-4-2)21-9-18-8-16-12-11(18)5-15-13(14)17-12/h5,8,10H,3-4,6-7,9H2,1-2H3,(H2,14,15,17). The van der Waals surface area contributed by atoms with Gasteiger partial charge < -0.3 is 24.5 Å². The van der Waals surface area contributed by atoms with E-state index in [1.165, 1.54) is 0 Å². The van der Waals surface area contributed by atoms with Gasteiger partial charge in [0.2, 0.25) is 5.95 Å². The van der Waals surface area contributed by atoms with E-state index in [1.807, 2.05) is 18.4 Å². The zero-order valence-corrected chi connectivity index (χ0v) is 12.4. The number of hydrogen-bond donors (Lipinski definition) is 1. The summed E-state index contributed by atoms with van der Waals surface area (Å²) in [4.78, 5) is 12.2. The Morgan fingerprint density at radius 2 is 1.90 bits per heavy atom. The summed E-state index contributed by atoms with van der Waals surface area (Å²) in [5, 5.41) is 0. The lowest BCUT2D eigenvalue weighted by Crippen LogP contribution is -2.26. The molecule has 8 nitrogen and oxygen atoms in total. The Labute approximate surface area is 123 Å². The molecule has 0 aliphatic rings. The molecule has 8 heteroatoms. The van der Waals surface area contributed by atoms with Gasteiger partial charge in [0.1, 0.15) is 18.4 Å². The second-order valence-corrected chi connectivity index (χ2v) is 4.39. The molecule has 0 bridgehead atoms. The van der Waals surface area contributed by atoms with Gasteiger partial charge >= 0.3 is 0 Å². The molecule has 116 valence electrons. The van der Waals surface area contributed by atoms with Crippen LogP contribution in [-0.4, -0.2) is 52.1 Å². The molecule has 0 saturated heterocycles. The van der Waals surface area contributed by atoms with E-state index >= 15 is 0 Å². The molecule has 0 aliphatic heterocycles. The van der Waals surface area contributed by atoms with Gasteiger partial charge in [-0.15, -0.1) is 0 Å². The van der Waals surface area contributed by atoms with Crippen LogP contribution in [0, 0.1) is 0 Å². The number of ether oxygens (including phenoxy) is 3. The molecular formula is C13H21N5O3.